The van der Waals surface area contributed by atoms with Crippen molar-refractivity contribution in [3.05, 3.63) is 23.3 Å². The van der Waals surface area contributed by atoms with Crippen molar-refractivity contribution in [1.29, 1.82) is 0 Å². The lowest BCUT2D eigenvalue weighted by Crippen LogP contribution is -2.50. The van der Waals surface area contributed by atoms with Crippen LogP contribution in [0.2, 0.25) is 0 Å². The summed E-state index contributed by atoms with van der Waals surface area (Å²) in [6, 6.07) is 0. The molecule has 4 rings (SSSR count). The number of hydrogen-bond acceptors (Lipinski definition) is 1. The summed E-state index contributed by atoms with van der Waals surface area (Å²) < 4.78 is 0. The van der Waals surface area contributed by atoms with E-state index in [1.165, 1.54) is 32.1 Å². The van der Waals surface area contributed by atoms with E-state index in [1.807, 2.05) is 0 Å². The van der Waals surface area contributed by atoms with Crippen molar-refractivity contribution < 1.29 is 4.79 Å². The third kappa shape index (κ3) is 1.74. The van der Waals surface area contributed by atoms with Crippen LogP contribution in [-0.2, 0) is 4.79 Å². The zero-order chi connectivity index (χ0) is 15.5. The van der Waals surface area contributed by atoms with Crippen LogP contribution in [-0.4, -0.2) is 5.78 Å². The molecule has 0 aromatic carbocycles. The topological polar surface area (TPSA) is 17.1 Å². The van der Waals surface area contributed by atoms with E-state index in [0.717, 1.165) is 31.1 Å². The maximum Gasteiger partial charge on any atom is 0.139 e. The smallest absolute Gasteiger partial charge is 0.139 e. The van der Waals surface area contributed by atoms with Gasteiger partial charge in [-0.05, 0) is 80.6 Å². The second-order valence-electron chi connectivity index (χ2n) is 8.69. The van der Waals surface area contributed by atoms with Crippen LogP contribution in [0.5, 0.6) is 0 Å². The number of Topliss-reactive ketones (excluding diaryl/α,β-unsaturated/α-hetero) is 1. The van der Waals surface area contributed by atoms with E-state index in [0.29, 0.717) is 17.1 Å². The molecule has 1 nitrogen and oxygen atoms in total. The molecule has 0 N–H and O–H groups in total. The molecule has 0 aliphatic heterocycles. The summed E-state index contributed by atoms with van der Waals surface area (Å²) in [5.41, 5.74) is 3.65. The third-order valence-electron chi connectivity index (χ3n) is 8.04. The van der Waals surface area contributed by atoms with Gasteiger partial charge in [0.05, 0.1) is 0 Å². The van der Waals surface area contributed by atoms with Gasteiger partial charge in [0, 0.05) is 11.8 Å². The summed E-state index contributed by atoms with van der Waals surface area (Å²) in [5, 5.41) is 0. The van der Waals surface area contributed by atoms with Gasteiger partial charge in [-0.25, -0.2) is 0 Å². The summed E-state index contributed by atoms with van der Waals surface area (Å²) >= 11 is 0. The van der Waals surface area contributed by atoms with E-state index in [1.54, 1.807) is 11.1 Å². The van der Waals surface area contributed by atoms with Gasteiger partial charge in [0.15, 0.2) is 0 Å². The van der Waals surface area contributed by atoms with Gasteiger partial charge in [-0.3, -0.25) is 4.79 Å². The summed E-state index contributed by atoms with van der Waals surface area (Å²) in [4.78, 5) is 12.5. The van der Waals surface area contributed by atoms with Gasteiger partial charge in [-0.2, -0.15) is 0 Å². The fourth-order valence-corrected chi connectivity index (χ4v) is 6.69. The Morgan fingerprint density at radius 1 is 1.18 bits per heavy atom. The summed E-state index contributed by atoms with van der Waals surface area (Å²) in [6.45, 7) is 6.98. The maximum atomic E-state index is 12.5. The molecule has 0 amide bonds. The summed E-state index contributed by atoms with van der Waals surface area (Å²) in [5.74, 6) is 2.81. The highest BCUT2D eigenvalue weighted by Gasteiger charge is 2.58. The van der Waals surface area contributed by atoms with Crippen molar-refractivity contribution in [1.82, 2.24) is 0 Å². The Hall–Kier alpha value is -0.850. The Balaban J connectivity index is 1.75. The number of rotatable bonds is 1. The fourth-order valence-electron chi connectivity index (χ4n) is 6.69. The van der Waals surface area contributed by atoms with Crippen LogP contribution in [0.3, 0.4) is 0 Å². The molecule has 22 heavy (non-hydrogen) atoms. The molecule has 2 saturated carbocycles. The van der Waals surface area contributed by atoms with Gasteiger partial charge < -0.3 is 0 Å². The van der Waals surface area contributed by atoms with Gasteiger partial charge in [-0.1, -0.05) is 31.6 Å². The molecule has 0 bridgehead atoms. The highest BCUT2D eigenvalue weighted by molar-refractivity contribution is 5.87. The van der Waals surface area contributed by atoms with Crippen LogP contribution < -0.4 is 0 Å². The van der Waals surface area contributed by atoms with E-state index in [-0.39, 0.29) is 5.41 Å². The zero-order valence-electron chi connectivity index (χ0n) is 14.5. The molecule has 1 heteroatoms. The zero-order valence-corrected chi connectivity index (χ0v) is 14.5. The van der Waals surface area contributed by atoms with Gasteiger partial charge in [-0.15, -0.1) is 0 Å². The normalized spacial score (nSPS) is 47.2. The first kappa shape index (κ1) is 14.7. The van der Waals surface area contributed by atoms with Crippen LogP contribution in [0, 0.1) is 28.6 Å². The van der Waals surface area contributed by atoms with Crippen LogP contribution in [0.15, 0.2) is 23.3 Å². The van der Waals surface area contributed by atoms with Gasteiger partial charge in [0.1, 0.15) is 5.78 Å². The van der Waals surface area contributed by atoms with Crippen LogP contribution >= 0.6 is 0 Å². The second-order valence-corrected chi connectivity index (χ2v) is 8.69. The molecular weight excluding hydrogens is 268 g/mol. The molecule has 2 fully saturated rings. The molecule has 0 saturated heterocycles. The molecule has 0 heterocycles. The minimum Gasteiger partial charge on any atom is -0.299 e. The molecule has 0 unspecified atom stereocenters. The van der Waals surface area contributed by atoms with Gasteiger partial charge in [0.2, 0.25) is 0 Å². The van der Waals surface area contributed by atoms with Gasteiger partial charge >= 0.3 is 0 Å². The first-order valence-electron chi connectivity index (χ1n) is 9.42. The van der Waals surface area contributed by atoms with Crippen LogP contribution in [0.25, 0.3) is 0 Å². The molecule has 4 aliphatic carbocycles. The quantitative estimate of drug-likeness (QED) is 0.628. The molecule has 0 aromatic rings. The van der Waals surface area contributed by atoms with Crippen molar-refractivity contribution in [3.8, 4) is 0 Å². The lowest BCUT2D eigenvalue weighted by Gasteiger charge is -2.56. The minimum atomic E-state index is 0.0157. The third-order valence-corrected chi connectivity index (χ3v) is 8.04. The Labute approximate surface area is 135 Å². The number of ketones is 1. The highest BCUT2D eigenvalue weighted by atomic mass is 16.1. The predicted octanol–water partition coefficient (Wildman–Crippen LogP) is 5.46. The number of hydrogen-bond donors (Lipinski definition) is 0. The standard InChI is InChI=1S/C21H30O/c1-4-21-12-9-14(2)13-15(21)5-6-16-17-7-8-19(22)20(17,3)11-10-18(16)21/h5,13,16-18H,4,6-12H2,1-3H3/t16-,17-,18-,20-,21-/m0/s1. The van der Waals surface area contributed by atoms with Gasteiger partial charge in [0.25, 0.3) is 0 Å². The monoisotopic (exact) mass is 298 g/mol. The van der Waals surface area contributed by atoms with E-state index >= 15 is 0 Å². The second kappa shape index (κ2) is 4.82. The molecule has 120 valence electrons. The number of carbonyl (C=O) groups excluding carboxylic acids is 1. The SMILES string of the molecule is CC[C@]12CCC(C)=CC1=CC[C@@H]1[C@@H]2CC[C@]2(C)C(=O)CC[C@@H]12. The minimum absolute atomic E-state index is 0.0157. The molecular formula is C21H30O. The van der Waals surface area contributed by atoms with Crippen molar-refractivity contribution in [2.24, 2.45) is 28.6 Å². The summed E-state index contributed by atoms with van der Waals surface area (Å²) in [6.07, 6.45) is 14.6. The van der Waals surface area contributed by atoms with Crippen molar-refractivity contribution >= 4 is 5.78 Å². The van der Waals surface area contributed by atoms with Crippen molar-refractivity contribution in [3.63, 3.8) is 0 Å². The molecule has 0 spiro atoms. The number of allylic oxidation sites excluding steroid dienone is 4. The maximum absolute atomic E-state index is 12.5. The fraction of sp³-hybridized carbons (Fsp3) is 0.762. The molecule has 0 aromatic heterocycles. The first-order chi connectivity index (χ1) is 10.5. The first-order valence-corrected chi connectivity index (χ1v) is 9.42. The number of carbonyl (C=O) groups is 1. The molecule has 0 radical (unpaired) electrons. The Kier molecular flexibility index (Phi) is 3.23. The average molecular weight is 298 g/mol. The van der Waals surface area contributed by atoms with E-state index < -0.39 is 0 Å². The Bertz CT molecular complexity index is 568. The Morgan fingerprint density at radius 3 is 2.77 bits per heavy atom. The van der Waals surface area contributed by atoms with E-state index in [9.17, 15) is 4.79 Å². The highest BCUT2D eigenvalue weighted by Crippen LogP contribution is 2.64. The predicted molar refractivity (Wildman–Crippen MR) is 90.5 cm³/mol. The van der Waals surface area contributed by atoms with Crippen LogP contribution in [0.1, 0.15) is 72.1 Å². The Morgan fingerprint density at radius 2 is 2.00 bits per heavy atom. The van der Waals surface area contributed by atoms with Crippen molar-refractivity contribution in [2.45, 2.75) is 72.1 Å². The molecule has 5 atom stereocenters. The number of fused-ring (bicyclic) bond motifs is 5. The lowest BCUT2D eigenvalue weighted by atomic mass is 9.47. The van der Waals surface area contributed by atoms with E-state index in [4.69, 9.17) is 0 Å². The summed E-state index contributed by atoms with van der Waals surface area (Å²) in [7, 11) is 0. The van der Waals surface area contributed by atoms with Crippen LogP contribution in [0.4, 0.5) is 0 Å². The lowest BCUT2D eigenvalue weighted by molar-refractivity contribution is -0.131. The van der Waals surface area contributed by atoms with E-state index in [2.05, 4.69) is 32.9 Å². The largest absolute Gasteiger partial charge is 0.299 e. The molecule has 4 aliphatic rings. The van der Waals surface area contributed by atoms with Crippen molar-refractivity contribution in [2.75, 3.05) is 0 Å². The average Bonchev–Trinajstić information content (AvgIpc) is 2.82.